The number of rotatable bonds is 4. The maximum absolute atomic E-state index is 13.3. The molecule has 2 fully saturated rings. The zero-order chi connectivity index (χ0) is 18.3. The third kappa shape index (κ3) is 2.68. The van der Waals surface area contributed by atoms with Crippen LogP contribution in [-0.4, -0.2) is 49.8 Å². The van der Waals surface area contributed by atoms with Crippen molar-refractivity contribution in [3.8, 4) is 5.75 Å². The molecule has 2 aromatic carbocycles. The number of carbonyl (C=O) groups excluding carboxylic acids is 1. The highest BCUT2D eigenvalue weighted by atomic mass is 32.2. The molecular formula is C19H20N2O4S. The maximum Gasteiger partial charge on any atom is 0.238 e. The molecule has 2 saturated heterocycles. The van der Waals surface area contributed by atoms with E-state index in [-0.39, 0.29) is 12.5 Å². The number of sulfone groups is 1. The first-order valence-corrected chi connectivity index (χ1v) is 10.1. The first kappa shape index (κ1) is 17.1. The van der Waals surface area contributed by atoms with E-state index in [4.69, 9.17) is 4.74 Å². The largest absolute Gasteiger partial charge is 0.497 e. The average Bonchev–Trinajstić information content (AvgIpc) is 3.23. The van der Waals surface area contributed by atoms with Gasteiger partial charge in [-0.05, 0) is 29.8 Å². The Kier molecular flexibility index (Phi) is 4.20. The fraction of sp³-hybridized carbons (Fsp3) is 0.316. The number of fused-ring (bicyclic) bond motifs is 1. The zero-order valence-corrected chi connectivity index (χ0v) is 15.2. The first-order chi connectivity index (χ1) is 12.5. The van der Waals surface area contributed by atoms with E-state index in [2.05, 4.69) is 0 Å². The molecule has 26 heavy (non-hydrogen) atoms. The number of ether oxygens (including phenoxy) is 1. The van der Waals surface area contributed by atoms with Gasteiger partial charge < -0.3 is 4.74 Å². The Morgan fingerprint density at radius 2 is 1.73 bits per heavy atom. The van der Waals surface area contributed by atoms with Gasteiger partial charge in [-0.15, -0.1) is 0 Å². The van der Waals surface area contributed by atoms with Crippen LogP contribution in [0.15, 0.2) is 59.5 Å². The van der Waals surface area contributed by atoms with E-state index in [9.17, 15) is 13.2 Å². The minimum absolute atomic E-state index is 0.0192. The van der Waals surface area contributed by atoms with Gasteiger partial charge in [-0.3, -0.25) is 9.80 Å². The molecule has 2 atom stereocenters. The van der Waals surface area contributed by atoms with Gasteiger partial charge >= 0.3 is 0 Å². The minimum atomic E-state index is -3.58. The fourth-order valence-corrected chi connectivity index (χ4v) is 5.66. The van der Waals surface area contributed by atoms with Crippen molar-refractivity contribution < 1.29 is 17.9 Å². The van der Waals surface area contributed by atoms with Gasteiger partial charge in [0.15, 0.2) is 9.84 Å². The van der Waals surface area contributed by atoms with Gasteiger partial charge in [-0.1, -0.05) is 30.3 Å². The van der Waals surface area contributed by atoms with Crippen molar-refractivity contribution in [1.82, 2.24) is 10.0 Å². The van der Waals surface area contributed by atoms with Crippen LogP contribution in [0, 0.1) is 0 Å². The van der Waals surface area contributed by atoms with Gasteiger partial charge in [0.1, 0.15) is 11.0 Å². The lowest BCUT2D eigenvalue weighted by atomic mass is 10.0. The molecule has 6 nitrogen and oxygen atoms in total. The molecule has 0 bridgehead atoms. The number of amides is 1. The summed E-state index contributed by atoms with van der Waals surface area (Å²) in [4.78, 5) is 12.5. The Labute approximate surface area is 152 Å². The Hall–Kier alpha value is -2.38. The van der Waals surface area contributed by atoms with Gasteiger partial charge in [0.2, 0.25) is 5.91 Å². The number of methoxy groups -OCH3 is 1. The lowest BCUT2D eigenvalue weighted by Gasteiger charge is -2.26. The Balaban J connectivity index is 1.77. The van der Waals surface area contributed by atoms with Crippen LogP contribution in [0.25, 0.3) is 0 Å². The molecule has 0 aliphatic carbocycles. The maximum atomic E-state index is 13.3. The number of benzene rings is 2. The average molecular weight is 372 g/mol. The van der Waals surface area contributed by atoms with Crippen LogP contribution < -0.4 is 4.74 Å². The molecule has 7 heteroatoms. The van der Waals surface area contributed by atoms with Crippen molar-refractivity contribution in [3.05, 3.63) is 60.2 Å². The highest BCUT2D eigenvalue weighted by Crippen LogP contribution is 2.41. The van der Waals surface area contributed by atoms with Crippen molar-refractivity contribution in [1.29, 1.82) is 0 Å². The highest BCUT2D eigenvalue weighted by Gasteiger charge is 2.51. The fourth-order valence-electron chi connectivity index (χ4n) is 3.80. The third-order valence-corrected chi connectivity index (χ3v) is 7.24. The first-order valence-electron chi connectivity index (χ1n) is 8.52. The second-order valence-corrected chi connectivity index (χ2v) is 8.67. The molecule has 0 spiro atoms. The summed E-state index contributed by atoms with van der Waals surface area (Å²) in [6.07, 6.45) is 0.421. The summed E-state index contributed by atoms with van der Waals surface area (Å²) in [7, 11) is -1.99. The van der Waals surface area contributed by atoms with Crippen molar-refractivity contribution in [3.63, 3.8) is 0 Å². The number of hydrazine groups is 1. The predicted octanol–water partition coefficient (Wildman–Crippen LogP) is 2.04. The summed E-state index contributed by atoms with van der Waals surface area (Å²) in [6, 6.07) is 15.5. The van der Waals surface area contributed by atoms with E-state index >= 15 is 0 Å². The molecule has 0 N–H and O–H groups in total. The van der Waals surface area contributed by atoms with E-state index in [0.29, 0.717) is 23.6 Å². The van der Waals surface area contributed by atoms with Crippen LogP contribution in [0.4, 0.5) is 0 Å². The molecule has 136 valence electrons. The molecule has 0 radical (unpaired) electrons. The normalized spacial score (nSPS) is 23.3. The minimum Gasteiger partial charge on any atom is -0.497 e. The summed E-state index contributed by atoms with van der Waals surface area (Å²) in [5.41, 5.74) is 0.868. The second kappa shape index (κ2) is 6.41. The summed E-state index contributed by atoms with van der Waals surface area (Å²) < 4.78 is 31.8. The molecule has 4 rings (SSSR count). The third-order valence-electron chi connectivity index (χ3n) is 5.11. The number of nitrogens with zero attached hydrogens (tertiary/aromatic N) is 2. The lowest BCUT2D eigenvalue weighted by Crippen LogP contribution is -2.33. The van der Waals surface area contributed by atoms with Crippen LogP contribution in [-0.2, 0) is 14.6 Å². The lowest BCUT2D eigenvalue weighted by molar-refractivity contribution is -0.135. The molecule has 2 aromatic rings. The van der Waals surface area contributed by atoms with E-state index in [1.165, 1.54) is 0 Å². The topological polar surface area (TPSA) is 66.9 Å². The van der Waals surface area contributed by atoms with Gasteiger partial charge in [-0.2, -0.15) is 0 Å². The monoisotopic (exact) mass is 372 g/mol. The SMILES string of the molecule is COc1ccc([C@H]2[C@H](S(=O)(=O)c3ccccc3)CN3C(=O)CCN23)cc1. The van der Waals surface area contributed by atoms with Crippen LogP contribution in [0.1, 0.15) is 18.0 Å². The Morgan fingerprint density at radius 1 is 1.04 bits per heavy atom. The van der Waals surface area contributed by atoms with Crippen LogP contribution in [0.5, 0.6) is 5.75 Å². The van der Waals surface area contributed by atoms with Gasteiger partial charge in [0, 0.05) is 13.0 Å². The Morgan fingerprint density at radius 3 is 2.38 bits per heavy atom. The molecule has 2 aliphatic rings. The molecule has 1 amide bonds. The van der Waals surface area contributed by atoms with Crippen LogP contribution in [0.2, 0.25) is 0 Å². The quantitative estimate of drug-likeness (QED) is 0.822. The van der Waals surface area contributed by atoms with Crippen molar-refractivity contribution in [2.24, 2.45) is 0 Å². The Bertz CT molecular complexity index is 912. The van der Waals surface area contributed by atoms with E-state index in [0.717, 1.165) is 5.56 Å². The number of hydrogen-bond acceptors (Lipinski definition) is 5. The van der Waals surface area contributed by atoms with Crippen molar-refractivity contribution in [2.75, 3.05) is 20.2 Å². The molecule has 0 unspecified atom stereocenters. The van der Waals surface area contributed by atoms with Crippen LogP contribution in [0.3, 0.4) is 0 Å². The molecule has 0 saturated carbocycles. The molecule has 2 heterocycles. The second-order valence-electron chi connectivity index (χ2n) is 6.50. The molecule has 0 aromatic heterocycles. The van der Waals surface area contributed by atoms with Gasteiger partial charge in [0.25, 0.3) is 0 Å². The molecular weight excluding hydrogens is 352 g/mol. The van der Waals surface area contributed by atoms with Crippen LogP contribution >= 0.6 is 0 Å². The van der Waals surface area contributed by atoms with E-state index < -0.39 is 21.1 Å². The zero-order valence-electron chi connectivity index (χ0n) is 14.4. The summed E-state index contributed by atoms with van der Waals surface area (Å²) in [5, 5.41) is 2.79. The molecule has 2 aliphatic heterocycles. The van der Waals surface area contributed by atoms with Gasteiger partial charge in [0.05, 0.1) is 24.6 Å². The van der Waals surface area contributed by atoms with Gasteiger partial charge in [-0.25, -0.2) is 13.4 Å². The number of carbonyl (C=O) groups is 1. The predicted molar refractivity (Wildman–Crippen MR) is 96.2 cm³/mol. The summed E-state index contributed by atoms with van der Waals surface area (Å²) in [5.74, 6) is 0.692. The summed E-state index contributed by atoms with van der Waals surface area (Å²) >= 11 is 0. The van der Waals surface area contributed by atoms with E-state index in [1.807, 2.05) is 29.3 Å². The van der Waals surface area contributed by atoms with E-state index in [1.54, 1.807) is 42.5 Å². The van der Waals surface area contributed by atoms with Crippen molar-refractivity contribution >= 4 is 15.7 Å². The highest BCUT2D eigenvalue weighted by molar-refractivity contribution is 7.92. The smallest absolute Gasteiger partial charge is 0.238 e. The van der Waals surface area contributed by atoms with Crippen molar-refractivity contribution in [2.45, 2.75) is 22.6 Å². The standard InChI is InChI=1S/C19H20N2O4S/c1-25-15-9-7-14(8-10-15)19-17(13-21-18(22)11-12-20(19)21)26(23,24)16-5-3-2-4-6-16/h2-10,17,19H,11-13H2,1H3/t17-,19+/m1/s1. The summed E-state index contributed by atoms with van der Waals surface area (Å²) in [6.45, 7) is 0.725. The number of hydrogen-bond donors (Lipinski definition) is 0.